The van der Waals surface area contributed by atoms with Crippen LogP contribution < -0.4 is 10.6 Å². The summed E-state index contributed by atoms with van der Waals surface area (Å²) in [5.41, 5.74) is 1.32. The van der Waals surface area contributed by atoms with Crippen LogP contribution in [0.15, 0.2) is 96.4 Å². The standard InChI is InChI=1S/C22H21PS/c1-2-24-18-22(19-12-6-3-7-13-19)23(20-14-8-4-9-15-20)21-16-10-5-11-17-21/h3-18H,2H2,1H3/b22-18-. The molecule has 0 atom stereocenters. The summed E-state index contributed by atoms with van der Waals surface area (Å²) >= 11 is 1.88. The van der Waals surface area contributed by atoms with Gasteiger partial charge in [0.05, 0.1) is 0 Å². The predicted molar refractivity (Wildman–Crippen MR) is 112 cm³/mol. The van der Waals surface area contributed by atoms with E-state index in [0.29, 0.717) is 0 Å². The van der Waals surface area contributed by atoms with Crippen molar-refractivity contribution in [2.24, 2.45) is 0 Å². The molecule has 0 fully saturated rings. The first-order chi connectivity index (χ1) is 11.9. The molecular formula is C22H21PS. The van der Waals surface area contributed by atoms with Gasteiger partial charge in [0.1, 0.15) is 0 Å². The van der Waals surface area contributed by atoms with Crippen LogP contribution in [0.4, 0.5) is 0 Å². The SMILES string of the molecule is CCS/C=C(/c1ccccc1)P(c1ccccc1)c1ccccc1. The Morgan fingerprint density at radius 3 is 1.67 bits per heavy atom. The first-order valence-corrected chi connectivity index (χ1v) is 10.6. The Labute approximate surface area is 150 Å². The highest BCUT2D eigenvalue weighted by Crippen LogP contribution is 2.49. The molecule has 0 aliphatic carbocycles. The van der Waals surface area contributed by atoms with Gasteiger partial charge in [-0.15, -0.1) is 11.8 Å². The fourth-order valence-corrected chi connectivity index (χ4v) is 5.91. The molecule has 24 heavy (non-hydrogen) atoms. The average Bonchev–Trinajstić information content (AvgIpc) is 2.67. The lowest BCUT2D eigenvalue weighted by Gasteiger charge is -2.22. The molecule has 0 unspecified atom stereocenters. The molecular weight excluding hydrogens is 327 g/mol. The largest absolute Gasteiger partial charge is 0.134 e. The van der Waals surface area contributed by atoms with Gasteiger partial charge in [-0.2, -0.15) is 0 Å². The minimum atomic E-state index is -0.562. The molecule has 3 aromatic carbocycles. The van der Waals surface area contributed by atoms with E-state index in [0.717, 1.165) is 5.75 Å². The lowest BCUT2D eigenvalue weighted by atomic mass is 10.2. The van der Waals surface area contributed by atoms with Crippen LogP contribution in [0.25, 0.3) is 5.31 Å². The molecule has 0 saturated carbocycles. The van der Waals surface area contributed by atoms with Crippen molar-refractivity contribution in [2.75, 3.05) is 5.75 Å². The Morgan fingerprint density at radius 1 is 0.750 bits per heavy atom. The topological polar surface area (TPSA) is 0 Å². The second-order valence-corrected chi connectivity index (χ2v) is 8.66. The number of benzene rings is 3. The summed E-state index contributed by atoms with van der Waals surface area (Å²) in [6.07, 6.45) is 0. The highest BCUT2D eigenvalue weighted by molar-refractivity contribution is 8.03. The van der Waals surface area contributed by atoms with Crippen LogP contribution in [0, 0.1) is 0 Å². The van der Waals surface area contributed by atoms with Crippen LogP contribution >= 0.6 is 19.7 Å². The van der Waals surface area contributed by atoms with Crippen LogP contribution in [0.2, 0.25) is 0 Å². The summed E-state index contributed by atoms with van der Waals surface area (Å²) in [7, 11) is -0.562. The van der Waals surface area contributed by atoms with E-state index in [9.17, 15) is 0 Å². The third-order valence-corrected chi connectivity index (χ3v) is 7.11. The number of hydrogen-bond donors (Lipinski definition) is 0. The molecule has 0 aliphatic heterocycles. The van der Waals surface area contributed by atoms with Crippen molar-refractivity contribution < 1.29 is 0 Å². The maximum atomic E-state index is 2.36. The minimum Gasteiger partial charge on any atom is -0.134 e. The van der Waals surface area contributed by atoms with Crippen molar-refractivity contribution in [1.82, 2.24) is 0 Å². The van der Waals surface area contributed by atoms with Gasteiger partial charge in [-0.3, -0.25) is 0 Å². The summed E-state index contributed by atoms with van der Waals surface area (Å²) in [5.74, 6) is 1.09. The van der Waals surface area contributed by atoms with Crippen LogP contribution in [0.3, 0.4) is 0 Å². The third kappa shape index (κ3) is 4.17. The van der Waals surface area contributed by atoms with Crippen molar-refractivity contribution in [2.45, 2.75) is 6.92 Å². The molecule has 0 N–H and O–H groups in total. The molecule has 3 aromatic rings. The smallest absolute Gasteiger partial charge is 0.00156 e. The fourth-order valence-electron chi connectivity index (χ4n) is 2.60. The molecule has 2 heteroatoms. The maximum Gasteiger partial charge on any atom is -0.00156 e. The van der Waals surface area contributed by atoms with Gasteiger partial charge < -0.3 is 0 Å². The quantitative estimate of drug-likeness (QED) is 0.502. The van der Waals surface area contributed by atoms with Crippen LogP contribution in [0.1, 0.15) is 12.5 Å². The van der Waals surface area contributed by atoms with E-state index >= 15 is 0 Å². The molecule has 0 nitrogen and oxygen atoms in total. The number of hydrogen-bond acceptors (Lipinski definition) is 1. The van der Waals surface area contributed by atoms with Gasteiger partial charge in [0, 0.05) is 0 Å². The lowest BCUT2D eigenvalue weighted by molar-refractivity contribution is 1.54. The summed E-state index contributed by atoms with van der Waals surface area (Å²) in [4.78, 5) is 0. The minimum absolute atomic E-state index is 0.562. The second kappa shape index (κ2) is 8.87. The Bertz CT molecular complexity index is 727. The van der Waals surface area contributed by atoms with Gasteiger partial charge in [-0.05, 0) is 40.6 Å². The first kappa shape index (κ1) is 17.0. The van der Waals surface area contributed by atoms with Crippen LogP contribution in [0.5, 0.6) is 0 Å². The molecule has 0 spiro atoms. The van der Waals surface area contributed by atoms with Crippen molar-refractivity contribution in [1.29, 1.82) is 0 Å². The molecule has 3 rings (SSSR count). The molecule has 0 bridgehead atoms. The predicted octanol–water partition coefficient (Wildman–Crippen LogP) is 5.87. The van der Waals surface area contributed by atoms with Gasteiger partial charge in [0.15, 0.2) is 0 Å². The molecule has 120 valence electrons. The second-order valence-electron chi connectivity index (χ2n) is 5.33. The molecule has 0 saturated heterocycles. The third-order valence-electron chi connectivity index (χ3n) is 3.70. The van der Waals surface area contributed by atoms with E-state index in [2.05, 4.69) is 103 Å². The summed E-state index contributed by atoms with van der Waals surface area (Å²) < 4.78 is 0. The lowest BCUT2D eigenvalue weighted by Crippen LogP contribution is -2.12. The Morgan fingerprint density at radius 2 is 1.21 bits per heavy atom. The summed E-state index contributed by atoms with van der Waals surface area (Å²) in [5, 5.41) is 6.58. The van der Waals surface area contributed by atoms with Crippen LogP contribution in [-0.4, -0.2) is 5.75 Å². The first-order valence-electron chi connectivity index (χ1n) is 8.17. The molecule has 0 heterocycles. The molecule has 0 aromatic heterocycles. The average molecular weight is 348 g/mol. The highest BCUT2D eigenvalue weighted by atomic mass is 32.2. The molecule has 0 aliphatic rings. The zero-order chi connectivity index (χ0) is 16.6. The van der Waals surface area contributed by atoms with Gasteiger partial charge in [-0.1, -0.05) is 97.9 Å². The van der Waals surface area contributed by atoms with Crippen molar-refractivity contribution >= 4 is 35.6 Å². The zero-order valence-electron chi connectivity index (χ0n) is 13.8. The summed E-state index contributed by atoms with van der Waals surface area (Å²) in [6.45, 7) is 2.21. The van der Waals surface area contributed by atoms with Crippen molar-refractivity contribution in [3.8, 4) is 0 Å². The number of rotatable bonds is 6. The van der Waals surface area contributed by atoms with Gasteiger partial charge in [0.2, 0.25) is 0 Å². The van der Waals surface area contributed by atoms with Crippen LogP contribution in [-0.2, 0) is 0 Å². The summed E-state index contributed by atoms with van der Waals surface area (Å²) in [6, 6.07) is 32.6. The van der Waals surface area contributed by atoms with E-state index in [4.69, 9.17) is 0 Å². The van der Waals surface area contributed by atoms with Gasteiger partial charge >= 0.3 is 0 Å². The molecule has 0 radical (unpaired) electrons. The Balaban J connectivity index is 2.14. The van der Waals surface area contributed by atoms with E-state index < -0.39 is 7.92 Å². The maximum absolute atomic E-state index is 2.36. The Kier molecular flexibility index (Phi) is 6.29. The van der Waals surface area contributed by atoms with E-state index in [1.807, 2.05) is 11.8 Å². The monoisotopic (exact) mass is 348 g/mol. The van der Waals surface area contributed by atoms with E-state index in [-0.39, 0.29) is 0 Å². The Hall–Kier alpha value is -1.82. The van der Waals surface area contributed by atoms with Gasteiger partial charge in [-0.25, -0.2) is 0 Å². The van der Waals surface area contributed by atoms with Crippen molar-refractivity contribution in [3.63, 3.8) is 0 Å². The van der Waals surface area contributed by atoms with Crippen molar-refractivity contribution in [3.05, 3.63) is 102 Å². The number of thioether (sulfide) groups is 1. The molecule has 0 amide bonds. The normalized spacial score (nSPS) is 11.7. The van der Waals surface area contributed by atoms with Gasteiger partial charge in [0.25, 0.3) is 0 Å². The van der Waals surface area contributed by atoms with E-state index in [1.165, 1.54) is 21.5 Å². The highest BCUT2D eigenvalue weighted by Gasteiger charge is 2.19. The fraction of sp³-hybridized carbons (Fsp3) is 0.0909. The van der Waals surface area contributed by atoms with E-state index in [1.54, 1.807) is 0 Å². The zero-order valence-corrected chi connectivity index (χ0v) is 15.5.